The van der Waals surface area contributed by atoms with Crippen LogP contribution in [0.2, 0.25) is 0 Å². The van der Waals surface area contributed by atoms with Gasteiger partial charge in [-0.2, -0.15) is 0 Å². The Bertz CT molecular complexity index is 828. The van der Waals surface area contributed by atoms with Gasteiger partial charge in [-0.3, -0.25) is 4.40 Å². The summed E-state index contributed by atoms with van der Waals surface area (Å²) in [6, 6.07) is 11.3. The number of phenolic OH excluding ortho intramolecular Hbond substituents is 1. The first-order valence-electron chi connectivity index (χ1n) is 7.41. The van der Waals surface area contributed by atoms with Crippen LogP contribution in [0.4, 0.5) is 5.82 Å². The van der Waals surface area contributed by atoms with E-state index in [1.165, 1.54) is 0 Å². The van der Waals surface area contributed by atoms with Gasteiger partial charge >= 0.3 is 0 Å². The summed E-state index contributed by atoms with van der Waals surface area (Å²) < 4.78 is 2.04. The molecule has 3 aromatic rings. The molecule has 0 bridgehead atoms. The Kier molecular flexibility index (Phi) is 3.32. The Morgan fingerprint density at radius 2 is 1.82 bits per heavy atom. The quantitative estimate of drug-likeness (QED) is 0.744. The number of aromatic hydroxyl groups is 1. The van der Waals surface area contributed by atoms with Crippen molar-refractivity contribution < 1.29 is 5.11 Å². The lowest BCUT2D eigenvalue weighted by Crippen LogP contribution is -2.27. The maximum absolute atomic E-state index is 10.2. The summed E-state index contributed by atoms with van der Waals surface area (Å²) in [7, 11) is 0. The molecule has 0 spiro atoms. The van der Waals surface area contributed by atoms with Crippen molar-refractivity contribution in [2.75, 3.05) is 5.32 Å². The molecule has 0 saturated carbocycles. The van der Waals surface area contributed by atoms with Gasteiger partial charge in [-0.25, -0.2) is 4.98 Å². The molecular weight excluding hydrogens is 274 g/mol. The van der Waals surface area contributed by atoms with Crippen LogP contribution in [-0.4, -0.2) is 20.0 Å². The van der Waals surface area contributed by atoms with Gasteiger partial charge in [0.15, 0.2) is 0 Å². The highest BCUT2D eigenvalue weighted by molar-refractivity contribution is 5.81. The summed E-state index contributed by atoms with van der Waals surface area (Å²) in [6.07, 6.45) is 1.99. The predicted octanol–water partition coefficient (Wildman–Crippen LogP) is 4.23. The second-order valence-corrected chi connectivity index (χ2v) is 6.59. The number of hydrogen-bond donors (Lipinski definition) is 2. The normalized spacial score (nSPS) is 11.8. The fourth-order valence-corrected chi connectivity index (χ4v) is 2.54. The van der Waals surface area contributed by atoms with Crippen molar-refractivity contribution in [3.8, 4) is 17.0 Å². The minimum atomic E-state index is -0.112. The first-order valence-corrected chi connectivity index (χ1v) is 7.41. The van der Waals surface area contributed by atoms with E-state index in [9.17, 15) is 5.11 Å². The van der Waals surface area contributed by atoms with Crippen LogP contribution in [0.15, 0.2) is 42.6 Å². The van der Waals surface area contributed by atoms with E-state index >= 15 is 0 Å². The number of nitrogens with one attached hydrogen (secondary N) is 1. The predicted molar refractivity (Wildman–Crippen MR) is 90.4 cm³/mol. The Morgan fingerprint density at radius 3 is 2.50 bits per heavy atom. The van der Waals surface area contributed by atoms with Crippen LogP contribution < -0.4 is 5.32 Å². The molecule has 0 radical (unpaired) electrons. The van der Waals surface area contributed by atoms with E-state index in [1.807, 2.05) is 47.9 Å². The molecule has 2 N–H and O–H groups in total. The third-order valence-corrected chi connectivity index (χ3v) is 3.50. The Morgan fingerprint density at radius 1 is 1.09 bits per heavy atom. The molecule has 0 saturated heterocycles. The van der Waals surface area contributed by atoms with Gasteiger partial charge in [0, 0.05) is 17.3 Å². The summed E-state index contributed by atoms with van der Waals surface area (Å²) in [5.74, 6) is 1.13. The smallest absolute Gasteiger partial charge is 0.142 e. The highest BCUT2D eigenvalue weighted by atomic mass is 16.3. The lowest BCUT2D eigenvalue weighted by molar-refractivity contribution is 0.477. The summed E-state index contributed by atoms with van der Waals surface area (Å²) >= 11 is 0. The van der Waals surface area contributed by atoms with Gasteiger partial charge in [0.25, 0.3) is 0 Å². The average molecular weight is 295 g/mol. The maximum Gasteiger partial charge on any atom is 0.142 e. The lowest BCUT2D eigenvalue weighted by atomic mass is 10.1. The van der Waals surface area contributed by atoms with Gasteiger partial charge in [-0.05, 0) is 51.5 Å². The third-order valence-electron chi connectivity index (χ3n) is 3.50. The first kappa shape index (κ1) is 14.4. The number of rotatable bonds is 2. The van der Waals surface area contributed by atoms with Crippen molar-refractivity contribution in [1.29, 1.82) is 0 Å². The number of pyridine rings is 1. The Labute approximate surface area is 130 Å². The zero-order valence-corrected chi connectivity index (χ0v) is 13.4. The lowest BCUT2D eigenvalue weighted by Gasteiger charge is -2.22. The minimum absolute atomic E-state index is 0.112. The molecule has 1 aromatic carbocycles. The number of aromatic nitrogens is 2. The van der Waals surface area contributed by atoms with Crippen molar-refractivity contribution in [3.63, 3.8) is 0 Å². The van der Waals surface area contributed by atoms with E-state index in [2.05, 4.69) is 26.1 Å². The molecule has 0 unspecified atom stereocenters. The van der Waals surface area contributed by atoms with Crippen LogP contribution >= 0.6 is 0 Å². The number of fused-ring (bicyclic) bond motifs is 1. The summed E-state index contributed by atoms with van der Waals surface area (Å²) in [5, 5.41) is 13.7. The standard InChI is InChI=1S/C18H21N3O/c1-12-8-7-11-21-16(12)19-15(17(21)20-18(2,3)4)13-9-5-6-10-14(13)22/h5-11,20,22H,1-4H3. The topological polar surface area (TPSA) is 49.6 Å². The van der Waals surface area contributed by atoms with Crippen LogP contribution in [0.25, 0.3) is 16.9 Å². The van der Waals surface area contributed by atoms with Crippen LogP contribution in [0.3, 0.4) is 0 Å². The molecule has 0 fully saturated rings. The van der Waals surface area contributed by atoms with Crippen molar-refractivity contribution in [1.82, 2.24) is 9.38 Å². The molecular formula is C18H21N3O. The molecule has 4 nitrogen and oxygen atoms in total. The van der Waals surface area contributed by atoms with E-state index in [-0.39, 0.29) is 11.3 Å². The number of nitrogens with zero attached hydrogens (tertiary/aromatic N) is 2. The molecule has 2 aromatic heterocycles. The number of imidazole rings is 1. The molecule has 3 rings (SSSR count). The first-order chi connectivity index (χ1) is 10.4. The number of para-hydroxylation sites is 1. The number of aryl methyl sites for hydroxylation is 1. The van der Waals surface area contributed by atoms with Gasteiger partial charge in [0.05, 0.1) is 0 Å². The largest absolute Gasteiger partial charge is 0.507 e. The zero-order valence-electron chi connectivity index (χ0n) is 13.4. The number of hydrogen-bond acceptors (Lipinski definition) is 3. The number of anilines is 1. The Hall–Kier alpha value is -2.49. The van der Waals surface area contributed by atoms with E-state index in [0.29, 0.717) is 0 Å². The summed E-state index contributed by atoms with van der Waals surface area (Å²) in [6.45, 7) is 8.36. The molecule has 2 heterocycles. The second kappa shape index (κ2) is 5.05. The van der Waals surface area contributed by atoms with E-state index < -0.39 is 0 Å². The molecule has 22 heavy (non-hydrogen) atoms. The molecule has 114 valence electrons. The van der Waals surface area contributed by atoms with Gasteiger partial charge in [-0.1, -0.05) is 18.2 Å². The van der Waals surface area contributed by atoms with E-state index in [0.717, 1.165) is 28.3 Å². The fraction of sp³-hybridized carbons (Fsp3) is 0.278. The third kappa shape index (κ3) is 2.52. The van der Waals surface area contributed by atoms with Crippen molar-refractivity contribution in [2.45, 2.75) is 33.2 Å². The van der Waals surface area contributed by atoms with Gasteiger partial charge in [-0.15, -0.1) is 0 Å². The van der Waals surface area contributed by atoms with E-state index in [1.54, 1.807) is 6.07 Å². The monoisotopic (exact) mass is 295 g/mol. The fourth-order valence-electron chi connectivity index (χ4n) is 2.54. The van der Waals surface area contributed by atoms with Gasteiger partial charge < -0.3 is 10.4 Å². The van der Waals surface area contributed by atoms with Crippen LogP contribution in [-0.2, 0) is 0 Å². The SMILES string of the molecule is Cc1cccn2c(NC(C)(C)C)c(-c3ccccc3O)nc12. The van der Waals surface area contributed by atoms with Crippen molar-refractivity contribution >= 4 is 11.5 Å². The number of benzene rings is 1. The zero-order chi connectivity index (χ0) is 15.9. The molecule has 0 aliphatic heterocycles. The van der Waals surface area contributed by atoms with Crippen LogP contribution in [0.5, 0.6) is 5.75 Å². The van der Waals surface area contributed by atoms with Crippen LogP contribution in [0, 0.1) is 6.92 Å². The molecule has 4 heteroatoms. The minimum Gasteiger partial charge on any atom is -0.507 e. The molecule has 0 aliphatic carbocycles. The van der Waals surface area contributed by atoms with Crippen LogP contribution in [0.1, 0.15) is 26.3 Å². The average Bonchev–Trinajstić information content (AvgIpc) is 2.78. The number of phenols is 1. The van der Waals surface area contributed by atoms with Crippen molar-refractivity contribution in [2.24, 2.45) is 0 Å². The van der Waals surface area contributed by atoms with Gasteiger partial charge in [0.1, 0.15) is 22.9 Å². The maximum atomic E-state index is 10.2. The molecule has 0 aliphatic rings. The molecule has 0 amide bonds. The molecule has 0 atom stereocenters. The van der Waals surface area contributed by atoms with E-state index in [4.69, 9.17) is 4.98 Å². The van der Waals surface area contributed by atoms with Crippen molar-refractivity contribution in [3.05, 3.63) is 48.2 Å². The Balaban J connectivity index is 2.31. The highest BCUT2D eigenvalue weighted by Crippen LogP contribution is 2.36. The summed E-state index contributed by atoms with van der Waals surface area (Å²) in [5.41, 5.74) is 3.38. The second-order valence-electron chi connectivity index (χ2n) is 6.59. The summed E-state index contributed by atoms with van der Waals surface area (Å²) in [4.78, 5) is 4.77. The highest BCUT2D eigenvalue weighted by Gasteiger charge is 2.21. The van der Waals surface area contributed by atoms with Gasteiger partial charge in [0.2, 0.25) is 0 Å².